The maximum Gasteiger partial charge on any atom is 0.338 e. The third-order valence-electron chi connectivity index (χ3n) is 6.91. The summed E-state index contributed by atoms with van der Waals surface area (Å²) in [7, 11) is 8.29. The molecule has 0 bridgehead atoms. The molecule has 0 fully saturated rings. The second kappa shape index (κ2) is 9.21. The molecule has 2 aromatic rings. The van der Waals surface area contributed by atoms with Crippen molar-refractivity contribution in [2.45, 2.75) is 38.6 Å². The third-order valence-corrected chi connectivity index (χ3v) is 6.91. The number of allylic oxidation sites excluding steroid dienone is 5. The Morgan fingerprint density at radius 2 is 1.72 bits per heavy atom. The van der Waals surface area contributed by atoms with Crippen LogP contribution in [-0.4, -0.2) is 56.6 Å². The van der Waals surface area contributed by atoms with Gasteiger partial charge in [-0.3, -0.25) is 0 Å². The number of nitrogens with two attached hydrogens (primary N) is 1. The van der Waals surface area contributed by atoms with E-state index in [9.17, 15) is 4.79 Å². The lowest BCUT2D eigenvalue weighted by Crippen LogP contribution is -2.38. The molecular weight excluding hydrogens is 446 g/mol. The molecule has 5 heteroatoms. The fourth-order valence-electron chi connectivity index (χ4n) is 4.80. The van der Waals surface area contributed by atoms with Crippen LogP contribution in [0.5, 0.6) is 0 Å². The lowest BCUT2D eigenvalue weighted by molar-refractivity contribution is -0.462. The summed E-state index contributed by atoms with van der Waals surface area (Å²) in [5.41, 5.74) is 15.4. The number of benzene rings is 2. The van der Waals surface area contributed by atoms with Crippen LogP contribution in [-0.2, 0) is 10.2 Å². The zero-order valence-electron chi connectivity index (χ0n) is 22.8. The highest BCUT2D eigenvalue weighted by molar-refractivity contribution is 6.07. The van der Waals surface area contributed by atoms with E-state index in [-0.39, 0.29) is 18.0 Å². The van der Waals surface area contributed by atoms with Crippen molar-refractivity contribution in [3.8, 4) is 0 Å². The summed E-state index contributed by atoms with van der Waals surface area (Å²) in [6, 6.07) is 14.4. The highest BCUT2D eigenvalue weighted by atomic mass is 16.5. The summed E-state index contributed by atoms with van der Waals surface area (Å²) in [5, 5.41) is 0. The topological polar surface area (TPSA) is 58.6 Å². The standard InChI is InChI=1S/C31H38N3O2/c1-30(2,32)19-36-29(35)21-11-9-20(10-12-21)28-24-15-13-22(33(5)6)17-26(24)31(3,4)27-18-23(34(7)8)14-16-25(27)28/h9-18H,19,32H2,1-8H3/q+1. The van der Waals surface area contributed by atoms with Crippen LogP contribution in [0.15, 0.2) is 71.8 Å². The second-order valence-corrected chi connectivity index (χ2v) is 11.4. The minimum atomic E-state index is -0.565. The molecule has 2 aliphatic rings. The van der Waals surface area contributed by atoms with Gasteiger partial charge in [0.15, 0.2) is 5.71 Å². The van der Waals surface area contributed by atoms with Crippen molar-refractivity contribution in [2.24, 2.45) is 5.73 Å². The van der Waals surface area contributed by atoms with Crippen LogP contribution in [0, 0.1) is 0 Å². The van der Waals surface area contributed by atoms with Crippen molar-refractivity contribution in [3.05, 3.63) is 94.1 Å². The predicted octanol–water partition coefficient (Wildman–Crippen LogP) is 4.95. The van der Waals surface area contributed by atoms with Gasteiger partial charge in [0.2, 0.25) is 0 Å². The molecule has 4 rings (SSSR count). The van der Waals surface area contributed by atoms with Gasteiger partial charge in [-0.05, 0) is 77.6 Å². The zero-order chi connectivity index (χ0) is 26.4. The Bertz CT molecular complexity index is 1330. The van der Waals surface area contributed by atoms with Gasteiger partial charge in [0.25, 0.3) is 0 Å². The van der Waals surface area contributed by atoms with Gasteiger partial charge in [-0.15, -0.1) is 0 Å². The molecule has 0 aromatic heterocycles. The van der Waals surface area contributed by atoms with Gasteiger partial charge in [-0.2, -0.15) is 0 Å². The largest absolute Gasteiger partial charge is 0.460 e. The Morgan fingerprint density at radius 1 is 1.06 bits per heavy atom. The molecule has 0 atom stereocenters. The van der Waals surface area contributed by atoms with E-state index in [2.05, 4.69) is 87.9 Å². The minimum Gasteiger partial charge on any atom is -0.460 e. The third kappa shape index (κ3) is 4.80. The predicted molar refractivity (Wildman–Crippen MR) is 149 cm³/mol. The number of fused-ring (bicyclic) bond motifs is 2. The monoisotopic (exact) mass is 484 g/mol. The second-order valence-electron chi connectivity index (χ2n) is 11.4. The molecule has 5 nitrogen and oxygen atoms in total. The quantitative estimate of drug-likeness (QED) is 0.482. The number of hydrogen-bond acceptors (Lipinski definition) is 4. The van der Waals surface area contributed by atoms with Gasteiger partial charge >= 0.3 is 5.97 Å². The van der Waals surface area contributed by atoms with Crippen molar-refractivity contribution < 1.29 is 14.1 Å². The molecule has 0 radical (unpaired) electrons. The molecule has 0 heterocycles. The first-order chi connectivity index (χ1) is 16.8. The molecule has 2 aromatic carbocycles. The molecule has 0 aliphatic heterocycles. The molecule has 0 unspecified atom stereocenters. The smallest absolute Gasteiger partial charge is 0.338 e. The minimum absolute atomic E-state index is 0.170. The van der Waals surface area contributed by atoms with Crippen LogP contribution in [0.1, 0.15) is 54.7 Å². The summed E-state index contributed by atoms with van der Waals surface area (Å²) >= 11 is 0. The zero-order valence-corrected chi connectivity index (χ0v) is 22.8. The van der Waals surface area contributed by atoms with Gasteiger partial charge in [0.05, 0.1) is 5.56 Å². The van der Waals surface area contributed by atoms with Crippen molar-refractivity contribution in [2.75, 3.05) is 39.7 Å². The number of rotatable bonds is 5. The molecule has 36 heavy (non-hydrogen) atoms. The van der Waals surface area contributed by atoms with E-state index in [4.69, 9.17) is 10.5 Å². The van der Waals surface area contributed by atoms with Crippen molar-refractivity contribution >= 4 is 22.9 Å². The molecule has 0 amide bonds. The highest BCUT2D eigenvalue weighted by Crippen LogP contribution is 2.50. The van der Waals surface area contributed by atoms with Gasteiger partial charge in [-0.25, -0.2) is 9.37 Å². The van der Waals surface area contributed by atoms with Gasteiger partial charge in [0, 0.05) is 42.9 Å². The number of ether oxygens (including phenoxy) is 1. The van der Waals surface area contributed by atoms with Crippen molar-refractivity contribution in [3.63, 3.8) is 0 Å². The summed E-state index contributed by atoms with van der Waals surface area (Å²) in [6.45, 7) is 8.45. The van der Waals surface area contributed by atoms with Crippen LogP contribution in [0.3, 0.4) is 0 Å². The summed E-state index contributed by atoms with van der Waals surface area (Å²) in [5.74, 6) is -0.359. The van der Waals surface area contributed by atoms with E-state index in [1.54, 1.807) is 0 Å². The number of hydrogen-bond donors (Lipinski definition) is 1. The Hall–Kier alpha value is -3.44. The molecular formula is C31H38N3O2+. The Morgan fingerprint density at radius 3 is 2.31 bits per heavy atom. The molecule has 2 aliphatic carbocycles. The van der Waals surface area contributed by atoms with Crippen LogP contribution in [0.4, 0.5) is 5.69 Å². The lowest BCUT2D eigenvalue weighted by Gasteiger charge is -2.39. The summed E-state index contributed by atoms with van der Waals surface area (Å²) < 4.78 is 7.55. The van der Waals surface area contributed by atoms with Crippen molar-refractivity contribution in [1.29, 1.82) is 0 Å². The van der Waals surface area contributed by atoms with Crippen LogP contribution in [0.2, 0.25) is 0 Å². The Kier molecular flexibility index (Phi) is 6.56. The average molecular weight is 485 g/mol. The van der Waals surface area contributed by atoms with E-state index < -0.39 is 5.54 Å². The Labute approximate surface area is 215 Å². The molecule has 2 N–H and O–H groups in total. The van der Waals surface area contributed by atoms with Crippen LogP contribution >= 0.6 is 0 Å². The SMILES string of the molecule is CN(C)c1ccc2c(c1)C(C)(C)C1=CC(=[N+](C)C)C=CC1=C2c1ccc(C(=O)OCC(C)(C)N)cc1. The highest BCUT2D eigenvalue weighted by Gasteiger charge is 2.38. The molecule has 0 saturated heterocycles. The summed E-state index contributed by atoms with van der Waals surface area (Å²) in [4.78, 5) is 14.7. The van der Waals surface area contributed by atoms with Crippen LogP contribution in [0.25, 0.3) is 5.57 Å². The maximum absolute atomic E-state index is 12.6. The van der Waals surface area contributed by atoms with Gasteiger partial charge < -0.3 is 15.4 Å². The number of carbonyl (C=O) groups is 1. The number of esters is 1. The number of nitrogens with zero attached hydrogens (tertiary/aromatic N) is 2. The first-order valence-corrected chi connectivity index (χ1v) is 12.4. The van der Waals surface area contributed by atoms with Gasteiger partial charge in [-0.1, -0.05) is 32.0 Å². The fourth-order valence-corrected chi connectivity index (χ4v) is 4.80. The van der Waals surface area contributed by atoms with E-state index in [1.807, 2.05) is 38.1 Å². The van der Waals surface area contributed by atoms with Crippen molar-refractivity contribution in [1.82, 2.24) is 0 Å². The maximum atomic E-state index is 12.6. The lowest BCUT2D eigenvalue weighted by atomic mass is 9.64. The molecule has 188 valence electrons. The van der Waals surface area contributed by atoms with Gasteiger partial charge in [0.1, 0.15) is 20.7 Å². The van der Waals surface area contributed by atoms with E-state index in [1.165, 1.54) is 39.2 Å². The average Bonchev–Trinajstić information content (AvgIpc) is 2.82. The number of anilines is 1. The van der Waals surface area contributed by atoms with E-state index in [0.717, 1.165) is 5.56 Å². The fraction of sp³-hybridized carbons (Fsp3) is 0.355. The van der Waals surface area contributed by atoms with Crippen LogP contribution < -0.4 is 10.6 Å². The molecule has 0 saturated carbocycles. The normalized spacial score (nSPS) is 16.2. The Balaban J connectivity index is 1.86. The molecule has 0 spiro atoms. The number of carbonyl (C=O) groups excluding carboxylic acids is 1. The van der Waals surface area contributed by atoms with E-state index >= 15 is 0 Å². The first kappa shape index (κ1) is 25.6. The summed E-state index contributed by atoms with van der Waals surface area (Å²) in [6.07, 6.45) is 6.71. The first-order valence-electron chi connectivity index (χ1n) is 12.4. The van der Waals surface area contributed by atoms with E-state index in [0.29, 0.717) is 5.56 Å².